The highest BCUT2D eigenvalue weighted by Crippen LogP contribution is 2.70. The molecule has 1 N–H and O–H groups in total. The molecule has 4 atom stereocenters. The van der Waals surface area contributed by atoms with Crippen LogP contribution in [0, 0.1) is 56.0 Å². The van der Waals surface area contributed by atoms with E-state index in [1.807, 2.05) is 18.2 Å². The van der Waals surface area contributed by atoms with Crippen LogP contribution in [0.25, 0.3) is 0 Å². The van der Waals surface area contributed by atoms with Gasteiger partial charge in [0.25, 0.3) is 0 Å². The van der Waals surface area contributed by atoms with Gasteiger partial charge in [0.1, 0.15) is 17.7 Å². The quantitative estimate of drug-likeness (QED) is 0.658. The molecule has 0 saturated carbocycles. The van der Waals surface area contributed by atoms with E-state index in [0.29, 0.717) is 15.8 Å². The normalized spacial score (nSPS) is 29.8. The van der Waals surface area contributed by atoms with Gasteiger partial charge in [-0.2, -0.15) is 15.8 Å². The highest BCUT2D eigenvalue weighted by atomic mass is 79.9. The van der Waals surface area contributed by atoms with E-state index in [1.54, 1.807) is 30.3 Å². The Kier molecular flexibility index (Phi) is 4.97. The Labute approximate surface area is 192 Å². The molecule has 2 bridgehead atoms. The molecule has 4 rings (SSSR count). The van der Waals surface area contributed by atoms with Gasteiger partial charge in [-0.3, -0.25) is 5.41 Å². The van der Waals surface area contributed by atoms with Crippen LogP contribution >= 0.6 is 15.9 Å². The monoisotopic (exact) mass is 494 g/mol. The van der Waals surface area contributed by atoms with Crippen LogP contribution in [0.4, 0.5) is 4.39 Å². The SMILES string of the molecule is COc1ccccc1C1C2(C)OC(=N)C1(C#N)C(C#N)(C#N)C(c1ccc(Br)cc1F)O2. The maximum atomic E-state index is 15.0. The zero-order valence-electron chi connectivity index (χ0n) is 17.0. The molecule has 0 spiro atoms. The van der Waals surface area contributed by atoms with Crippen LogP contribution in [-0.2, 0) is 9.47 Å². The molecule has 32 heavy (non-hydrogen) atoms. The Hall–Kier alpha value is -3.45. The fourth-order valence-corrected chi connectivity index (χ4v) is 5.18. The molecule has 0 aromatic heterocycles. The molecule has 2 saturated heterocycles. The lowest BCUT2D eigenvalue weighted by molar-refractivity contribution is -0.254. The third-order valence-electron chi connectivity index (χ3n) is 6.21. The first kappa shape index (κ1) is 21.8. The smallest absolute Gasteiger partial charge is 0.219 e. The van der Waals surface area contributed by atoms with Crippen LogP contribution in [0.2, 0.25) is 0 Å². The summed E-state index contributed by atoms with van der Waals surface area (Å²) in [5.41, 5.74) is -4.04. The summed E-state index contributed by atoms with van der Waals surface area (Å²) in [7, 11) is 1.44. The van der Waals surface area contributed by atoms with Gasteiger partial charge < -0.3 is 14.2 Å². The highest BCUT2D eigenvalue weighted by Gasteiger charge is 2.80. The van der Waals surface area contributed by atoms with Crippen LogP contribution in [0.5, 0.6) is 5.75 Å². The maximum Gasteiger partial charge on any atom is 0.219 e. The average molecular weight is 495 g/mol. The van der Waals surface area contributed by atoms with E-state index < -0.39 is 40.4 Å². The summed E-state index contributed by atoms with van der Waals surface area (Å²) >= 11 is 3.18. The number of nitriles is 3. The van der Waals surface area contributed by atoms with E-state index in [2.05, 4.69) is 15.9 Å². The molecule has 160 valence electrons. The Morgan fingerprint density at radius 1 is 1.09 bits per heavy atom. The minimum absolute atomic E-state index is 0.0843. The van der Waals surface area contributed by atoms with Gasteiger partial charge in [-0.05, 0) is 18.2 Å². The van der Waals surface area contributed by atoms with Crippen molar-refractivity contribution in [1.82, 2.24) is 0 Å². The first-order valence-electron chi connectivity index (χ1n) is 9.52. The van der Waals surface area contributed by atoms with Gasteiger partial charge in [0.15, 0.2) is 5.41 Å². The van der Waals surface area contributed by atoms with Crippen molar-refractivity contribution in [3.63, 3.8) is 0 Å². The number of nitrogens with one attached hydrogen (secondary N) is 1. The second kappa shape index (κ2) is 7.31. The summed E-state index contributed by atoms with van der Waals surface area (Å²) in [6, 6.07) is 16.7. The number of para-hydroxylation sites is 1. The molecule has 4 unspecified atom stereocenters. The third-order valence-corrected chi connectivity index (χ3v) is 6.70. The molecule has 7 nitrogen and oxygen atoms in total. The molecule has 0 aliphatic carbocycles. The van der Waals surface area contributed by atoms with Gasteiger partial charge in [-0.15, -0.1) is 0 Å². The lowest BCUT2D eigenvalue weighted by Gasteiger charge is -2.49. The minimum Gasteiger partial charge on any atom is -0.496 e. The first-order valence-corrected chi connectivity index (χ1v) is 10.3. The Morgan fingerprint density at radius 2 is 1.78 bits per heavy atom. The van der Waals surface area contributed by atoms with E-state index in [4.69, 9.17) is 19.6 Å². The van der Waals surface area contributed by atoms with Crippen molar-refractivity contribution in [2.24, 2.45) is 10.8 Å². The number of hydrogen-bond acceptors (Lipinski definition) is 7. The van der Waals surface area contributed by atoms with E-state index in [1.165, 1.54) is 26.2 Å². The first-order chi connectivity index (χ1) is 15.2. The lowest BCUT2D eigenvalue weighted by Crippen LogP contribution is -2.57. The second-order valence-electron chi connectivity index (χ2n) is 7.74. The lowest BCUT2D eigenvalue weighted by atomic mass is 9.52. The maximum absolute atomic E-state index is 15.0. The third kappa shape index (κ3) is 2.54. The number of benzene rings is 2. The molecule has 2 aromatic rings. The van der Waals surface area contributed by atoms with Crippen molar-refractivity contribution in [2.45, 2.75) is 24.7 Å². The molecule has 2 fully saturated rings. The summed E-state index contributed by atoms with van der Waals surface area (Å²) in [6.07, 6.45) is -1.50. The topological polar surface area (TPSA) is 123 Å². The minimum atomic E-state index is -2.30. The Bertz CT molecular complexity index is 1250. The summed E-state index contributed by atoms with van der Waals surface area (Å²) in [5, 5.41) is 39.7. The van der Waals surface area contributed by atoms with Gasteiger partial charge in [0, 0.05) is 22.5 Å². The molecule has 2 heterocycles. The number of hydrogen-bond donors (Lipinski definition) is 1. The van der Waals surface area contributed by atoms with Gasteiger partial charge in [-0.25, -0.2) is 4.39 Å². The van der Waals surface area contributed by atoms with Crippen molar-refractivity contribution in [3.8, 4) is 24.0 Å². The summed E-state index contributed by atoms with van der Waals surface area (Å²) in [6.45, 7) is 1.51. The van der Waals surface area contributed by atoms with Crippen molar-refractivity contribution < 1.29 is 18.6 Å². The predicted molar refractivity (Wildman–Crippen MR) is 113 cm³/mol. The van der Waals surface area contributed by atoms with Crippen molar-refractivity contribution in [3.05, 3.63) is 63.9 Å². The molecular weight excluding hydrogens is 479 g/mol. The van der Waals surface area contributed by atoms with E-state index in [0.717, 1.165) is 0 Å². The standard InChI is InChI=1S/C23H16BrFN4O3/c1-21-18(15-5-3-4-6-17(15)30-2)23(12-28,20(29)32-21)22(10-26,11-27)19(31-21)14-8-7-13(24)9-16(14)25/h3-9,18-19,29H,1-2H3. The number of halogens is 2. The molecule has 2 aliphatic rings. The van der Waals surface area contributed by atoms with Crippen LogP contribution in [0.15, 0.2) is 46.9 Å². The van der Waals surface area contributed by atoms with Crippen LogP contribution in [0.1, 0.15) is 30.1 Å². The van der Waals surface area contributed by atoms with E-state index in [9.17, 15) is 20.2 Å². The fourth-order valence-electron chi connectivity index (χ4n) is 4.85. The molecule has 2 aliphatic heterocycles. The zero-order valence-corrected chi connectivity index (χ0v) is 18.6. The molecule has 0 radical (unpaired) electrons. The number of methoxy groups -OCH3 is 1. The fraction of sp³-hybridized carbons (Fsp3) is 0.304. The molecular formula is C23H16BrFN4O3. The van der Waals surface area contributed by atoms with Crippen molar-refractivity contribution in [1.29, 1.82) is 21.2 Å². The van der Waals surface area contributed by atoms with Crippen LogP contribution in [0.3, 0.4) is 0 Å². The largest absolute Gasteiger partial charge is 0.496 e. The van der Waals surface area contributed by atoms with Crippen molar-refractivity contribution in [2.75, 3.05) is 7.11 Å². The van der Waals surface area contributed by atoms with Crippen LogP contribution < -0.4 is 4.74 Å². The van der Waals surface area contributed by atoms with Crippen molar-refractivity contribution >= 4 is 21.8 Å². The second-order valence-corrected chi connectivity index (χ2v) is 8.65. The molecule has 2 aromatic carbocycles. The number of fused-ring (bicyclic) bond motifs is 2. The van der Waals surface area contributed by atoms with Gasteiger partial charge in [0.2, 0.25) is 17.1 Å². The number of rotatable bonds is 3. The van der Waals surface area contributed by atoms with Crippen LogP contribution in [-0.4, -0.2) is 18.8 Å². The highest BCUT2D eigenvalue weighted by molar-refractivity contribution is 9.10. The van der Waals surface area contributed by atoms with E-state index in [-0.39, 0.29) is 5.56 Å². The summed E-state index contributed by atoms with van der Waals surface area (Å²) in [5.74, 6) is -3.65. The van der Waals surface area contributed by atoms with E-state index >= 15 is 0 Å². The summed E-state index contributed by atoms with van der Waals surface area (Å²) < 4.78 is 32.8. The molecule has 0 amide bonds. The van der Waals surface area contributed by atoms with Gasteiger partial charge >= 0.3 is 0 Å². The Balaban J connectivity index is 2.07. The zero-order chi connectivity index (χ0) is 23.3. The average Bonchev–Trinajstić information content (AvgIpc) is 2.96. The van der Waals surface area contributed by atoms with Gasteiger partial charge in [-0.1, -0.05) is 40.2 Å². The number of ether oxygens (including phenoxy) is 3. The number of nitrogens with zero attached hydrogens (tertiary/aromatic N) is 3. The van der Waals surface area contributed by atoms with Gasteiger partial charge in [0.05, 0.1) is 31.2 Å². The summed E-state index contributed by atoms with van der Waals surface area (Å²) in [4.78, 5) is 0. The predicted octanol–water partition coefficient (Wildman–Crippen LogP) is 4.72. The molecule has 9 heteroatoms. The Morgan fingerprint density at radius 3 is 2.38 bits per heavy atom.